The number of nitrogens with zero attached hydrogens (tertiary/aromatic N) is 5. The molecule has 0 unspecified atom stereocenters. The summed E-state index contributed by atoms with van der Waals surface area (Å²) in [7, 11) is 0. The van der Waals surface area contributed by atoms with E-state index in [1.807, 2.05) is 12.4 Å². The predicted octanol–water partition coefficient (Wildman–Crippen LogP) is 1.11. The van der Waals surface area contributed by atoms with E-state index in [1.54, 1.807) is 0 Å². The molecule has 1 aliphatic carbocycles. The first kappa shape index (κ1) is 12.1. The highest BCUT2D eigenvalue weighted by Gasteiger charge is 2.21. The Balaban J connectivity index is 1.50. The molecule has 20 heavy (non-hydrogen) atoms. The molecule has 0 spiro atoms. The lowest BCUT2D eigenvalue weighted by molar-refractivity contribution is 0.498. The maximum Gasteiger partial charge on any atom is 0.153 e. The lowest BCUT2D eigenvalue weighted by Crippen LogP contribution is -2.20. The maximum absolute atomic E-state index is 4.45. The van der Waals surface area contributed by atoms with Crippen molar-refractivity contribution in [3.63, 3.8) is 0 Å². The van der Waals surface area contributed by atoms with Crippen molar-refractivity contribution in [2.45, 2.75) is 57.8 Å². The van der Waals surface area contributed by atoms with Gasteiger partial charge >= 0.3 is 0 Å². The smallest absolute Gasteiger partial charge is 0.153 e. The van der Waals surface area contributed by atoms with Crippen molar-refractivity contribution in [3.05, 3.63) is 29.9 Å². The van der Waals surface area contributed by atoms with Gasteiger partial charge in [-0.05, 0) is 25.7 Å². The molecule has 2 aromatic heterocycles. The van der Waals surface area contributed by atoms with E-state index in [4.69, 9.17) is 0 Å². The van der Waals surface area contributed by atoms with Crippen LogP contribution >= 0.6 is 0 Å². The van der Waals surface area contributed by atoms with E-state index in [2.05, 4.69) is 29.6 Å². The number of nitrogens with one attached hydrogen (secondary N) is 1. The molecule has 2 aromatic rings. The van der Waals surface area contributed by atoms with Gasteiger partial charge in [-0.1, -0.05) is 0 Å². The first-order valence-electron chi connectivity index (χ1n) is 7.54. The summed E-state index contributed by atoms with van der Waals surface area (Å²) < 4.78 is 4.46. The molecule has 1 N–H and O–H groups in total. The zero-order valence-corrected chi connectivity index (χ0v) is 11.6. The van der Waals surface area contributed by atoms with Crippen LogP contribution in [0.5, 0.6) is 0 Å². The SMILES string of the molecule is c1cn(Cc2nnc3n2CCCC3)c(CNC2CC2)n1. The average molecular weight is 272 g/mol. The predicted molar refractivity (Wildman–Crippen MR) is 74.2 cm³/mol. The number of fused-ring (bicyclic) bond motifs is 1. The van der Waals surface area contributed by atoms with Crippen LogP contribution < -0.4 is 5.32 Å². The highest BCUT2D eigenvalue weighted by Crippen LogP contribution is 2.19. The van der Waals surface area contributed by atoms with Crippen molar-refractivity contribution >= 4 is 0 Å². The quantitative estimate of drug-likeness (QED) is 0.886. The van der Waals surface area contributed by atoms with Crippen molar-refractivity contribution < 1.29 is 0 Å². The van der Waals surface area contributed by atoms with E-state index in [9.17, 15) is 0 Å². The van der Waals surface area contributed by atoms with Crippen molar-refractivity contribution in [3.8, 4) is 0 Å². The van der Waals surface area contributed by atoms with Gasteiger partial charge in [-0.25, -0.2) is 4.98 Å². The van der Waals surface area contributed by atoms with Crippen LogP contribution in [0.2, 0.25) is 0 Å². The first-order chi connectivity index (χ1) is 9.90. The molecule has 0 bridgehead atoms. The van der Waals surface area contributed by atoms with E-state index in [-0.39, 0.29) is 0 Å². The zero-order chi connectivity index (χ0) is 13.4. The molecule has 2 aliphatic rings. The van der Waals surface area contributed by atoms with E-state index in [0.29, 0.717) is 6.04 Å². The minimum Gasteiger partial charge on any atom is -0.326 e. The first-order valence-corrected chi connectivity index (χ1v) is 7.54. The largest absolute Gasteiger partial charge is 0.326 e. The summed E-state index contributed by atoms with van der Waals surface area (Å²) in [4.78, 5) is 4.45. The standard InChI is InChI=1S/C14H20N6/c1-2-7-20-12(3-1)17-18-14(20)10-19-8-6-15-13(19)9-16-11-4-5-11/h6,8,11,16H,1-5,7,9-10H2. The summed E-state index contributed by atoms with van der Waals surface area (Å²) in [5.74, 6) is 3.29. The Labute approximate surface area is 118 Å². The topological polar surface area (TPSA) is 60.6 Å². The van der Waals surface area contributed by atoms with Gasteiger partial charge in [0.1, 0.15) is 11.6 Å². The Morgan fingerprint density at radius 3 is 3.05 bits per heavy atom. The van der Waals surface area contributed by atoms with Crippen molar-refractivity contribution in [2.75, 3.05) is 0 Å². The van der Waals surface area contributed by atoms with Crippen LogP contribution in [0.25, 0.3) is 0 Å². The fourth-order valence-electron chi connectivity index (χ4n) is 2.81. The molecule has 4 rings (SSSR count). The van der Waals surface area contributed by atoms with E-state index >= 15 is 0 Å². The third-order valence-corrected chi connectivity index (χ3v) is 4.18. The molecule has 1 saturated carbocycles. The van der Waals surface area contributed by atoms with Gasteiger partial charge < -0.3 is 14.5 Å². The van der Waals surface area contributed by atoms with Crippen molar-refractivity contribution in [2.24, 2.45) is 0 Å². The molecular formula is C14H20N6. The highest BCUT2D eigenvalue weighted by atomic mass is 15.3. The van der Waals surface area contributed by atoms with Gasteiger partial charge in [0, 0.05) is 31.4 Å². The summed E-state index contributed by atoms with van der Waals surface area (Å²) >= 11 is 0. The number of hydrogen-bond donors (Lipinski definition) is 1. The zero-order valence-electron chi connectivity index (χ0n) is 11.6. The normalized spacial score (nSPS) is 18.2. The van der Waals surface area contributed by atoms with E-state index in [1.165, 1.54) is 25.7 Å². The molecule has 0 saturated heterocycles. The van der Waals surface area contributed by atoms with Gasteiger partial charge in [-0.2, -0.15) is 0 Å². The van der Waals surface area contributed by atoms with Crippen LogP contribution in [-0.2, 0) is 26.1 Å². The van der Waals surface area contributed by atoms with Gasteiger partial charge in [0.05, 0.1) is 13.1 Å². The summed E-state index contributed by atoms with van der Waals surface area (Å²) in [6, 6.07) is 0.709. The molecule has 3 heterocycles. The molecule has 6 nitrogen and oxygen atoms in total. The van der Waals surface area contributed by atoms with E-state index < -0.39 is 0 Å². The van der Waals surface area contributed by atoms with Gasteiger partial charge in [0.15, 0.2) is 5.82 Å². The molecule has 0 atom stereocenters. The summed E-state index contributed by atoms with van der Waals surface area (Å²) in [6.07, 6.45) is 10.0. The monoisotopic (exact) mass is 272 g/mol. The molecule has 0 aromatic carbocycles. The van der Waals surface area contributed by atoms with Crippen LogP contribution in [-0.4, -0.2) is 30.4 Å². The second-order valence-electron chi connectivity index (χ2n) is 5.77. The Morgan fingerprint density at radius 2 is 2.15 bits per heavy atom. The van der Waals surface area contributed by atoms with Gasteiger partial charge in [-0.15, -0.1) is 10.2 Å². The fraction of sp³-hybridized carbons (Fsp3) is 0.643. The van der Waals surface area contributed by atoms with Crippen LogP contribution in [0.4, 0.5) is 0 Å². The molecule has 6 heteroatoms. The molecule has 1 aliphatic heterocycles. The Kier molecular flexibility index (Phi) is 3.03. The van der Waals surface area contributed by atoms with Crippen LogP contribution in [0.3, 0.4) is 0 Å². The minimum atomic E-state index is 0.709. The van der Waals surface area contributed by atoms with Crippen LogP contribution in [0.1, 0.15) is 43.2 Å². The highest BCUT2D eigenvalue weighted by molar-refractivity contribution is 5.03. The molecule has 106 valence electrons. The Bertz CT molecular complexity index is 595. The summed E-state index contributed by atoms with van der Waals surface area (Å²) in [5, 5.41) is 12.2. The van der Waals surface area contributed by atoms with Gasteiger partial charge in [0.2, 0.25) is 0 Å². The molecular weight excluding hydrogens is 252 g/mol. The lowest BCUT2D eigenvalue weighted by atomic mass is 10.2. The third-order valence-electron chi connectivity index (χ3n) is 4.18. The Morgan fingerprint density at radius 1 is 1.20 bits per heavy atom. The second kappa shape index (κ2) is 5.01. The maximum atomic E-state index is 4.45. The Hall–Kier alpha value is -1.69. The molecule has 1 fully saturated rings. The minimum absolute atomic E-state index is 0.709. The number of rotatable bonds is 5. The third kappa shape index (κ3) is 2.35. The fourth-order valence-corrected chi connectivity index (χ4v) is 2.81. The van der Waals surface area contributed by atoms with Gasteiger partial charge in [0.25, 0.3) is 0 Å². The molecule has 0 radical (unpaired) electrons. The van der Waals surface area contributed by atoms with Crippen LogP contribution in [0.15, 0.2) is 12.4 Å². The summed E-state index contributed by atoms with van der Waals surface area (Å²) in [6.45, 7) is 2.68. The lowest BCUT2D eigenvalue weighted by Gasteiger charge is -2.15. The van der Waals surface area contributed by atoms with Crippen molar-refractivity contribution in [1.82, 2.24) is 29.6 Å². The summed E-state index contributed by atoms with van der Waals surface area (Å²) in [5.41, 5.74) is 0. The molecule has 0 amide bonds. The van der Waals surface area contributed by atoms with Crippen molar-refractivity contribution in [1.29, 1.82) is 0 Å². The number of hydrogen-bond acceptors (Lipinski definition) is 4. The second-order valence-corrected chi connectivity index (χ2v) is 5.77. The number of aryl methyl sites for hydroxylation is 1. The van der Waals surface area contributed by atoms with E-state index in [0.717, 1.165) is 43.5 Å². The van der Waals surface area contributed by atoms with Crippen LogP contribution in [0, 0.1) is 0 Å². The number of imidazole rings is 1. The van der Waals surface area contributed by atoms with Gasteiger partial charge in [-0.3, -0.25) is 0 Å². The average Bonchev–Trinajstić information content (AvgIpc) is 3.07. The number of aromatic nitrogens is 5.